The molecule has 1 aliphatic heterocycles. The zero-order valence-corrected chi connectivity index (χ0v) is 20.2. The first-order valence-corrected chi connectivity index (χ1v) is 10.2. The summed E-state index contributed by atoms with van der Waals surface area (Å²) in [4.78, 5) is 23.0. The van der Waals surface area contributed by atoms with Crippen molar-refractivity contribution < 1.29 is 14.1 Å². The third kappa shape index (κ3) is 6.56. The number of rotatable bonds is 6. The van der Waals surface area contributed by atoms with Crippen molar-refractivity contribution in [1.82, 2.24) is 20.4 Å². The number of likely N-dealkylation sites (tertiary alicyclic amines) is 1. The fourth-order valence-corrected chi connectivity index (χ4v) is 3.47. The maximum atomic E-state index is 11.7. The van der Waals surface area contributed by atoms with E-state index in [1.54, 1.807) is 12.1 Å². The molecule has 0 unspecified atom stereocenters. The summed E-state index contributed by atoms with van der Waals surface area (Å²) in [6.45, 7) is 4.87. The molecule has 8 nitrogen and oxygen atoms in total. The number of methoxy groups -OCH3 is 1. The maximum absolute atomic E-state index is 11.7. The Hall–Kier alpha value is -1.88. The number of esters is 1. The van der Waals surface area contributed by atoms with Gasteiger partial charge in [-0.25, -0.2) is 0 Å². The van der Waals surface area contributed by atoms with Gasteiger partial charge in [-0.15, -0.1) is 24.0 Å². The molecular weight excluding hydrogens is 521 g/mol. The first-order chi connectivity index (χ1) is 14.1. The molecule has 0 radical (unpaired) electrons. The van der Waals surface area contributed by atoms with Crippen LogP contribution in [-0.4, -0.2) is 60.3 Å². The number of aromatic nitrogens is 2. The molecule has 1 fully saturated rings. The normalized spacial score (nSPS) is 14.9. The summed E-state index contributed by atoms with van der Waals surface area (Å²) in [6, 6.07) is 7.34. The predicted octanol–water partition coefficient (Wildman–Crippen LogP) is 3.40. The second-order valence-corrected chi connectivity index (χ2v) is 7.23. The SMILES string of the molecule is CCNC(=NCCc1nc(-c2cccc(Cl)c2)no1)N1CCC(C(=O)OC)CC1.I. The van der Waals surface area contributed by atoms with E-state index in [-0.39, 0.29) is 35.9 Å². The van der Waals surface area contributed by atoms with Crippen LogP contribution in [0.15, 0.2) is 33.8 Å². The van der Waals surface area contributed by atoms with Crippen molar-refractivity contribution in [2.45, 2.75) is 26.2 Å². The van der Waals surface area contributed by atoms with Gasteiger partial charge in [-0.2, -0.15) is 4.98 Å². The zero-order chi connectivity index (χ0) is 20.6. The lowest BCUT2D eigenvalue weighted by molar-refractivity contribution is -0.146. The topological polar surface area (TPSA) is 92.9 Å². The number of hydrogen-bond acceptors (Lipinski definition) is 6. The molecule has 164 valence electrons. The van der Waals surface area contributed by atoms with E-state index >= 15 is 0 Å². The molecule has 1 aliphatic rings. The van der Waals surface area contributed by atoms with E-state index in [9.17, 15) is 4.79 Å². The van der Waals surface area contributed by atoms with Crippen LogP contribution in [0.3, 0.4) is 0 Å². The van der Waals surface area contributed by atoms with E-state index in [1.807, 2.05) is 19.1 Å². The fourth-order valence-electron chi connectivity index (χ4n) is 3.28. The van der Waals surface area contributed by atoms with Crippen LogP contribution >= 0.6 is 35.6 Å². The lowest BCUT2D eigenvalue weighted by Crippen LogP contribution is -2.46. The van der Waals surface area contributed by atoms with Crippen LogP contribution < -0.4 is 5.32 Å². The van der Waals surface area contributed by atoms with Crippen molar-refractivity contribution in [3.63, 3.8) is 0 Å². The number of ether oxygens (including phenoxy) is 1. The number of nitrogens with one attached hydrogen (secondary N) is 1. The zero-order valence-electron chi connectivity index (χ0n) is 17.1. The summed E-state index contributed by atoms with van der Waals surface area (Å²) < 4.78 is 10.2. The Bertz CT molecular complexity index is 852. The third-order valence-electron chi connectivity index (χ3n) is 4.80. The van der Waals surface area contributed by atoms with Gasteiger partial charge < -0.3 is 19.5 Å². The second kappa shape index (κ2) is 12.1. The molecule has 1 aromatic carbocycles. The number of hydrogen-bond donors (Lipinski definition) is 1. The fraction of sp³-hybridized carbons (Fsp3) is 0.500. The van der Waals surface area contributed by atoms with E-state index in [0.29, 0.717) is 29.7 Å². The molecule has 30 heavy (non-hydrogen) atoms. The second-order valence-electron chi connectivity index (χ2n) is 6.79. The van der Waals surface area contributed by atoms with E-state index in [4.69, 9.17) is 20.9 Å². The van der Waals surface area contributed by atoms with Crippen LogP contribution in [0.25, 0.3) is 11.4 Å². The molecule has 0 amide bonds. The summed E-state index contributed by atoms with van der Waals surface area (Å²) >= 11 is 6.02. The predicted molar refractivity (Wildman–Crippen MR) is 126 cm³/mol. The lowest BCUT2D eigenvalue weighted by atomic mass is 9.97. The highest BCUT2D eigenvalue weighted by molar-refractivity contribution is 14.0. The number of halogens is 2. The molecule has 0 atom stereocenters. The van der Waals surface area contributed by atoms with Gasteiger partial charge >= 0.3 is 5.97 Å². The van der Waals surface area contributed by atoms with Crippen molar-refractivity contribution in [3.05, 3.63) is 35.2 Å². The third-order valence-corrected chi connectivity index (χ3v) is 5.04. The molecule has 3 rings (SSSR count). The van der Waals surface area contributed by atoms with Crippen LogP contribution in [-0.2, 0) is 16.0 Å². The minimum Gasteiger partial charge on any atom is -0.469 e. The van der Waals surface area contributed by atoms with Crippen molar-refractivity contribution in [3.8, 4) is 11.4 Å². The minimum absolute atomic E-state index is 0. The Labute approximate surface area is 198 Å². The van der Waals surface area contributed by atoms with Crippen LogP contribution in [0.5, 0.6) is 0 Å². The smallest absolute Gasteiger partial charge is 0.308 e. The summed E-state index contributed by atoms with van der Waals surface area (Å²) in [6.07, 6.45) is 2.08. The monoisotopic (exact) mass is 547 g/mol. The lowest BCUT2D eigenvalue weighted by Gasteiger charge is -2.33. The van der Waals surface area contributed by atoms with Gasteiger partial charge in [0.15, 0.2) is 5.96 Å². The standard InChI is InChI=1S/C20H26ClN5O3.HI/c1-3-22-20(26-11-8-14(9-12-26)19(27)28-2)23-10-7-17-24-18(25-29-17)15-5-4-6-16(21)13-15;/h4-6,13-14H,3,7-12H2,1-2H3,(H,22,23);1H. The quantitative estimate of drug-likeness (QED) is 0.256. The Morgan fingerprint density at radius 2 is 2.17 bits per heavy atom. The van der Waals surface area contributed by atoms with Gasteiger partial charge in [0.1, 0.15) is 0 Å². The summed E-state index contributed by atoms with van der Waals surface area (Å²) in [5, 5.41) is 7.96. The van der Waals surface area contributed by atoms with Gasteiger partial charge in [-0.1, -0.05) is 28.9 Å². The van der Waals surface area contributed by atoms with Gasteiger partial charge in [0.2, 0.25) is 11.7 Å². The average Bonchev–Trinajstić information content (AvgIpc) is 3.22. The van der Waals surface area contributed by atoms with Gasteiger partial charge in [0, 0.05) is 36.6 Å². The molecule has 2 heterocycles. The Morgan fingerprint density at radius 3 is 2.83 bits per heavy atom. The van der Waals surface area contributed by atoms with Crippen molar-refractivity contribution >= 4 is 47.5 Å². The number of nitrogens with zero attached hydrogens (tertiary/aromatic N) is 4. The largest absolute Gasteiger partial charge is 0.469 e. The molecular formula is C20H27ClIN5O3. The number of guanidine groups is 1. The highest BCUT2D eigenvalue weighted by atomic mass is 127. The molecule has 0 spiro atoms. The molecule has 1 saturated heterocycles. The Kier molecular flexibility index (Phi) is 9.83. The molecule has 2 aromatic rings. The minimum atomic E-state index is -0.126. The molecule has 0 bridgehead atoms. The summed E-state index contributed by atoms with van der Waals surface area (Å²) in [5.74, 6) is 1.73. The van der Waals surface area contributed by atoms with Crippen LogP contribution in [0, 0.1) is 5.92 Å². The number of piperidine rings is 1. The Balaban J connectivity index is 0.00000320. The first kappa shape index (κ1) is 24.4. The molecule has 1 N–H and O–H groups in total. The first-order valence-electron chi connectivity index (χ1n) is 9.80. The average molecular weight is 548 g/mol. The Morgan fingerprint density at radius 1 is 1.40 bits per heavy atom. The van der Waals surface area contributed by atoms with Crippen LogP contribution in [0.1, 0.15) is 25.7 Å². The molecule has 0 aliphatic carbocycles. The van der Waals surface area contributed by atoms with Crippen LogP contribution in [0.2, 0.25) is 5.02 Å². The van der Waals surface area contributed by atoms with Gasteiger partial charge in [-0.05, 0) is 31.9 Å². The number of carbonyl (C=O) groups is 1. The van der Waals surface area contributed by atoms with Crippen molar-refractivity contribution in [2.75, 3.05) is 33.3 Å². The van der Waals surface area contributed by atoms with Gasteiger partial charge in [0.25, 0.3) is 0 Å². The number of carbonyl (C=O) groups excluding carboxylic acids is 1. The molecule has 1 aromatic heterocycles. The number of aliphatic imine (C=N–C) groups is 1. The van der Waals surface area contributed by atoms with E-state index in [1.165, 1.54) is 7.11 Å². The maximum Gasteiger partial charge on any atom is 0.308 e. The van der Waals surface area contributed by atoms with Crippen molar-refractivity contribution in [1.29, 1.82) is 0 Å². The van der Waals surface area contributed by atoms with E-state index in [2.05, 4.69) is 25.3 Å². The van der Waals surface area contributed by atoms with E-state index in [0.717, 1.165) is 44.0 Å². The highest BCUT2D eigenvalue weighted by Gasteiger charge is 2.26. The number of benzene rings is 1. The summed E-state index contributed by atoms with van der Waals surface area (Å²) in [7, 11) is 1.44. The van der Waals surface area contributed by atoms with Gasteiger partial charge in [0.05, 0.1) is 19.6 Å². The van der Waals surface area contributed by atoms with E-state index < -0.39 is 0 Å². The summed E-state index contributed by atoms with van der Waals surface area (Å²) in [5.41, 5.74) is 0.817. The van der Waals surface area contributed by atoms with Crippen molar-refractivity contribution in [2.24, 2.45) is 10.9 Å². The van der Waals surface area contributed by atoms with Gasteiger partial charge in [-0.3, -0.25) is 9.79 Å². The molecule has 10 heteroatoms. The molecule has 0 saturated carbocycles. The highest BCUT2D eigenvalue weighted by Crippen LogP contribution is 2.20. The van der Waals surface area contributed by atoms with Crippen LogP contribution in [0.4, 0.5) is 0 Å².